The van der Waals surface area contributed by atoms with E-state index in [1.54, 1.807) is 12.1 Å². The first-order valence-corrected chi connectivity index (χ1v) is 9.09. The van der Waals surface area contributed by atoms with Crippen molar-refractivity contribution in [1.82, 2.24) is 5.48 Å². The van der Waals surface area contributed by atoms with Crippen molar-refractivity contribution in [3.05, 3.63) is 29.8 Å². The quantitative estimate of drug-likeness (QED) is 0.262. The molecule has 1 aliphatic carbocycles. The molecule has 1 aromatic rings. The van der Waals surface area contributed by atoms with E-state index in [-0.39, 0.29) is 6.04 Å². The van der Waals surface area contributed by atoms with Gasteiger partial charge in [-0.05, 0) is 43.0 Å². The van der Waals surface area contributed by atoms with E-state index < -0.39 is 31.6 Å². The molecular formula is C19H25NO8. The molecule has 0 aliphatic heterocycles. The van der Waals surface area contributed by atoms with Crippen LogP contribution in [0, 0.1) is 5.92 Å². The Bertz CT molecular complexity index is 648. The lowest BCUT2D eigenvalue weighted by Gasteiger charge is -2.29. The minimum atomic E-state index is -1.82. The zero-order valence-electron chi connectivity index (χ0n) is 15.7. The highest BCUT2D eigenvalue weighted by Crippen LogP contribution is 2.23. The summed E-state index contributed by atoms with van der Waals surface area (Å²) in [4.78, 5) is 38.7. The van der Waals surface area contributed by atoms with Gasteiger partial charge in [-0.25, -0.2) is 9.59 Å². The van der Waals surface area contributed by atoms with Crippen molar-refractivity contribution in [3.63, 3.8) is 0 Å². The van der Waals surface area contributed by atoms with Crippen LogP contribution in [0.3, 0.4) is 0 Å². The van der Waals surface area contributed by atoms with Gasteiger partial charge in [-0.1, -0.05) is 19.8 Å². The van der Waals surface area contributed by atoms with E-state index in [1.165, 1.54) is 12.1 Å². The Morgan fingerprint density at radius 3 is 2.61 bits per heavy atom. The Morgan fingerprint density at radius 1 is 1.21 bits per heavy atom. The van der Waals surface area contributed by atoms with Gasteiger partial charge < -0.3 is 19.3 Å². The predicted molar refractivity (Wildman–Crippen MR) is 96.0 cm³/mol. The van der Waals surface area contributed by atoms with Crippen molar-refractivity contribution in [1.29, 1.82) is 0 Å². The zero-order valence-corrected chi connectivity index (χ0v) is 15.7. The van der Waals surface area contributed by atoms with E-state index in [0.717, 1.165) is 25.7 Å². The number of carbonyl (C=O) groups is 3. The monoisotopic (exact) mass is 395 g/mol. The molecule has 9 nitrogen and oxygen atoms in total. The third kappa shape index (κ3) is 7.26. The van der Waals surface area contributed by atoms with Crippen LogP contribution in [0.25, 0.3) is 0 Å². The highest BCUT2D eigenvalue weighted by Gasteiger charge is 2.25. The maximum absolute atomic E-state index is 11.6. The molecule has 0 amide bonds. The van der Waals surface area contributed by atoms with E-state index in [9.17, 15) is 19.5 Å². The average molecular weight is 395 g/mol. The number of aliphatic hydroxyl groups is 1. The maximum atomic E-state index is 11.6. The highest BCUT2D eigenvalue weighted by molar-refractivity contribution is 5.75. The molecule has 154 valence electrons. The second kappa shape index (κ2) is 11.4. The third-order valence-corrected chi connectivity index (χ3v) is 4.44. The summed E-state index contributed by atoms with van der Waals surface area (Å²) in [6, 6.07) is 6.21. The summed E-state index contributed by atoms with van der Waals surface area (Å²) in [5.74, 6) is -1.08. The number of hydroxylamine groups is 1. The van der Waals surface area contributed by atoms with Crippen LogP contribution in [0.5, 0.6) is 5.75 Å². The van der Waals surface area contributed by atoms with E-state index in [0.29, 0.717) is 23.5 Å². The number of esters is 2. The van der Waals surface area contributed by atoms with Crippen LogP contribution in [0.15, 0.2) is 24.3 Å². The third-order valence-electron chi connectivity index (χ3n) is 4.44. The lowest BCUT2D eigenvalue weighted by atomic mass is 9.86. The molecule has 0 spiro atoms. The van der Waals surface area contributed by atoms with Gasteiger partial charge in [-0.15, -0.1) is 0 Å². The topological polar surface area (TPSA) is 120 Å². The van der Waals surface area contributed by atoms with Crippen molar-refractivity contribution in [2.75, 3.05) is 13.4 Å². The summed E-state index contributed by atoms with van der Waals surface area (Å²) in [7, 11) is 0. The van der Waals surface area contributed by atoms with Gasteiger partial charge >= 0.3 is 11.9 Å². The summed E-state index contributed by atoms with van der Waals surface area (Å²) in [5, 5.41) is 9.65. The Morgan fingerprint density at radius 2 is 1.93 bits per heavy atom. The molecule has 2 N–H and O–H groups in total. The van der Waals surface area contributed by atoms with Gasteiger partial charge in [0.25, 0.3) is 6.29 Å². The van der Waals surface area contributed by atoms with E-state index in [4.69, 9.17) is 14.3 Å². The van der Waals surface area contributed by atoms with Crippen LogP contribution in [0.1, 0.15) is 43.0 Å². The van der Waals surface area contributed by atoms with Gasteiger partial charge in [0, 0.05) is 11.6 Å². The van der Waals surface area contributed by atoms with Crippen molar-refractivity contribution < 1.29 is 38.5 Å². The molecule has 1 fully saturated rings. The van der Waals surface area contributed by atoms with Gasteiger partial charge in [-0.3, -0.25) is 9.63 Å². The fourth-order valence-corrected chi connectivity index (χ4v) is 2.74. The molecule has 0 saturated heterocycles. The molecule has 0 heterocycles. The number of rotatable bonds is 10. The molecule has 0 aromatic heterocycles. The molecule has 2 rings (SSSR count). The van der Waals surface area contributed by atoms with E-state index >= 15 is 0 Å². The molecule has 3 unspecified atom stereocenters. The van der Waals surface area contributed by atoms with Crippen molar-refractivity contribution in [3.8, 4) is 5.75 Å². The van der Waals surface area contributed by atoms with Crippen molar-refractivity contribution in [2.45, 2.75) is 44.9 Å². The molecule has 3 atom stereocenters. The number of aliphatic hydroxyl groups excluding tert-OH is 1. The lowest BCUT2D eigenvalue weighted by molar-refractivity contribution is -0.211. The van der Waals surface area contributed by atoms with E-state index in [2.05, 4.69) is 17.1 Å². The number of ether oxygens (including phenoxy) is 3. The molecule has 0 bridgehead atoms. The Balaban J connectivity index is 1.59. The van der Waals surface area contributed by atoms with Gasteiger partial charge in [0.2, 0.25) is 6.79 Å². The van der Waals surface area contributed by atoms with Crippen molar-refractivity contribution in [2.24, 2.45) is 5.92 Å². The highest BCUT2D eigenvalue weighted by atomic mass is 16.8. The Kier molecular flexibility index (Phi) is 8.86. The van der Waals surface area contributed by atoms with Gasteiger partial charge in [0.05, 0.1) is 0 Å². The summed E-state index contributed by atoms with van der Waals surface area (Å²) >= 11 is 0. The Hall–Kier alpha value is -2.49. The van der Waals surface area contributed by atoms with Crippen LogP contribution in [-0.2, 0) is 23.9 Å². The molecule has 0 radical (unpaired) electrons. The first kappa shape index (κ1) is 21.8. The normalized spacial score (nSPS) is 20.1. The summed E-state index contributed by atoms with van der Waals surface area (Å²) < 4.78 is 14.5. The predicted octanol–water partition coefficient (Wildman–Crippen LogP) is 1.34. The fraction of sp³-hybridized carbons (Fsp3) is 0.526. The minimum Gasteiger partial charge on any atom is -0.482 e. The number of aldehydes is 1. The maximum Gasteiger partial charge on any atom is 0.367 e. The largest absolute Gasteiger partial charge is 0.482 e. The number of nitrogens with one attached hydrogen (secondary N) is 1. The van der Waals surface area contributed by atoms with Crippen molar-refractivity contribution >= 4 is 18.2 Å². The van der Waals surface area contributed by atoms with Crippen LogP contribution >= 0.6 is 0 Å². The minimum absolute atomic E-state index is 0.0618. The molecule has 1 saturated carbocycles. The standard InChI is InChI=1S/C19H25NO8/c1-13-4-2-3-5-16(13)20-28-19(24)18(23)27-12-26-17(22)11-25-15-8-6-14(10-21)7-9-15/h6-10,13,16,19-20,24H,2-5,11-12H2,1H3. The molecule has 1 aromatic carbocycles. The summed E-state index contributed by atoms with van der Waals surface area (Å²) in [5.41, 5.74) is 3.18. The number of hydrogen-bond donors (Lipinski definition) is 2. The zero-order chi connectivity index (χ0) is 20.4. The molecule has 1 aliphatic rings. The molecule has 9 heteroatoms. The lowest BCUT2D eigenvalue weighted by Crippen LogP contribution is -2.42. The number of hydrogen-bond acceptors (Lipinski definition) is 9. The number of carbonyl (C=O) groups excluding carboxylic acids is 3. The second-order valence-corrected chi connectivity index (χ2v) is 6.53. The summed E-state index contributed by atoms with van der Waals surface area (Å²) in [6.45, 7) is 0.993. The SMILES string of the molecule is CC1CCCCC1NOC(O)C(=O)OCOC(=O)COc1ccc(C=O)cc1. The Labute approximate surface area is 162 Å². The van der Waals surface area contributed by atoms with Gasteiger partial charge in [0.1, 0.15) is 12.0 Å². The average Bonchev–Trinajstić information content (AvgIpc) is 2.71. The first-order chi connectivity index (χ1) is 13.5. The van der Waals surface area contributed by atoms with E-state index in [1.807, 2.05) is 0 Å². The van der Waals surface area contributed by atoms with Crippen LogP contribution in [-0.4, -0.2) is 49.1 Å². The first-order valence-electron chi connectivity index (χ1n) is 9.09. The van der Waals surface area contributed by atoms with Crippen LogP contribution in [0.4, 0.5) is 0 Å². The van der Waals surface area contributed by atoms with Gasteiger partial charge in [0.15, 0.2) is 6.61 Å². The second-order valence-electron chi connectivity index (χ2n) is 6.53. The fourth-order valence-electron chi connectivity index (χ4n) is 2.74. The van der Waals surface area contributed by atoms with Gasteiger partial charge in [-0.2, -0.15) is 5.48 Å². The summed E-state index contributed by atoms with van der Waals surface area (Å²) in [6.07, 6.45) is 3.05. The molecule has 28 heavy (non-hydrogen) atoms. The molecular weight excluding hydrogens is 370 g/mol. The van der Waals surface area contributed by atoms with Crippen LogP contribution < -0.4 is 10.2 Å². The number of benzene rings is 1. The van der Waals surface area contributed by atoms with Crippen LogP contribution in [0.2, 0.25) is 0 Å². The smallest absolute Gasteiger partial charge is 0.367 e.